The van der Waals surface area contributed by atoms with Crippen LogP contribution < -0.4 is 10.6 Å². The highest BCUT2D eigenvalue weighted by atomic mass is 35.5. The summed E-state index contributed by atoms with van der Waals surface area (Å²) in [5.74, 6) is -1.30. The number of carbonyl (C=O) groups excluding carboxylic acids is 2. The van der Waals surface area contributed by atoms with Crippen LogP contribution in [0.3, 0.4) is 0 Å². The average Bonchev–Trinajstić information content (AvgIpc) is 3.31. The Kier molecular flexibility index (Phi) is 7.40. The summed E-state index contributed by atoms with van der Waals surface area (Å²) < 4.78 is 15.8. The molecule has 3 aliphatic heterocycles. The fraction of sp³-hybridized carbons (Fsp3) is 0.533. The molecule has 3 heterocycles. The van der Waals surface area contributed by atoms with E-state index in [1.807, 2.05) is 6.07 Å². The summed E-state index contributed by atoms with van der Waals surface area (Å²) in [4.78, 5) is 30.6. The number of anilines is 1. The number of benzene rings is 2. The zero-order valence-electron chi connectivity index (χ0n) is 22.4. The van der Waals surface area contributed by atoms with Gasteiger partial charge in [0, 0.05) is 29.1 Å². The number of piperidine rings is 1. The topological polar surface area (TPSA) is 61.4 Å². The zero-order valence-corrected chi connectivity index (χ0v) is 23.9. The van der Waals surface area contributed by atoms with Gasteiger partial charge in [-0.1, -0.05) is 62.2 Å². The molecule has 0 aromatic heterocycles. The van der Waals surface area contributed by atoms with Gasteiger partial charge in [0.25, 0.3) is 0 Å². The molecule has 5 nitrogen and oxygen atoms in total. The van der Waals surface area contributed by atoms with E-state index < -0.39 is 29.2 Å². The zero-order chi connectivity index (χ0) is 27.4. The van der Waals surface area contributed by atoms with Crippen molar-refractivity contribution in [1.29, 1.82) is 0 Å². The first kappa shape index (κ1) is 27.6. The summed E-state index contributed by atoms with van der Waals surface area (Å²) in [6, 6.07) is 9.08. The second kappa shape index (κ2) is 10.2. The van der Waals surface area contributed by atoms with Crippen molar-refractivity contribution in [2.75, 3.05) is 25.5 Å². The molecule has 2 saturated heterocycles. The van der Waals surface area contributed by atoms with Crippen molar-refractivity contribution in [3.8, 4) is 0 Å². The summed E-state index contributed by atoms with van der Waals surface area (Å²) in [7, 11) is 2.10. The van der Waals surface area contributed by atoms with Crippen molar-refractivity contribution < 1.29 is 14.0 Å². The number of likely N-dealkylation sites (tertiary alicyclic amines) is 1. The molecule has 0 saturated carbocycles. The highest BCUT2D eigenvalue weighted by Crippen LogP contribution is 2.57. The molecule has 0 radical (unpaired) electrons. The van der Waals surface area contributed by atoms with E-state index in [1.54, 1.807) is 24.3 Å². The molecule has 1 amide bonds. The molecule has 8 heteroatoms. The smallest absolute Gasteiger partial charge is 0.237 e. The number of fused-ring (bicyclic) bond motifs is 2. The van der Waals surface area contributed by atoms with Crippen LogP contribution in [-0.4, -0.2) is 48.8 Å². The van der Waals surface area contributed by atoms with Gasteiger partial charge in [0.05, 0.1) is 11.1 Å². The second-order valence-corrected chi connectivity index (χ2v) is 13.4. The van der Waals surface area contributed by atoms with Gasteiger partial charge in [-0.15, -0.1) is 0 Å². The first-order valence-electron chi connectivity index (χ1n) is 13.4. The number of ketones is 1. The van der Waals surface area contributed by atoms with Crippen molar-refractivity contribution >= 4 is 40.6 Å². The maximum absolute atomic E-state index is 15.8. The van der Waals surface area contributed by atoms with Crippen LogP contribution in [-0.2, 0) is 15.0 Å². The van der Waals surface area contributed by atoms with E-state index in [0.717, 1.165) is 31.5 Å². The predicted octanol–water partition coefficient (Wildman–Crippen LogP) is 6.18. The molecule has 2 aromatic rings. The fourth-order valence-corrected chi connectivity index (χ4v) is 7.24. The number of nitrogens with one attached hydrogen (secondary N) is 2. The van der Waals surface area contributed by atoms with E-state index in [1.165, 1.54) is 6.07 Å². The number of carbonyl (C=O) groups is 2. The van der Waals surface area contributed by atoms with Gasteiger partial charge in [-0.3, -0.25) is 9.59 Å². The van der Waals surface area contributed by atoms with Gasteiger partial charge in [-0.05, 0) is 80.1 Å². The van der Waals surface area contributed by atoms with Crippen molar-refractivity contribution in [1.82, 2.24) is 10.2 Å². The molecule has 2 fully saturated rings. The van der Waals surface area contributed by atoms with Crippen molar-refractivity contribution in [3.05, 3.63) is 63.4 Å². The van der Waals surface area contributed by atoms with Crippen LogP contribution in [0.15, 0.2) is 36.4 Å². The molecule has 0 aliphatic carbocycles. The highest BCUT2D eigenvalue weighted by molar-refractivity contribution is 6.31. The van der Waals surface area contributed by atoms with Crippen LogP contribution in [0.1, 0.15) is 63.5 Å². The number of Topliss-reactive ketones (excluding diaryl/α,β-unsaturated/α-hetero) is 1. The molecule has 3 aliphatic rings. The molecular weight excluding hydrogens is 524 g/mol. The lowest BCUT2D eigenvalue weighted by molar-refractivity contribution is -0.123. The first-order chi connectivity index (χ1) is 17.9. The number of rotatable bonds is 5. The fourth-order valence-electron chi connectivity index (χ4n) is 6.88. The van der Waals surface area contributed by atoms with Crippen LogP contribution in [0.2, 0.25) is 10.0 Å². The lowest BCUT2D eigenvalue weighted by atomic mass is 9.62. The Morgan fingerprint density at radius 3 is 2.55 bits per heavy atom. The summed E-state index contributed by atoms with van der Waals surface area (Å²) in [5.41, 5.74) is 0.280. The van der Waals surface area contributed by atoms with Gasteiger partial charge in [-0.25, -0.2) is 4.39 Å². The monoisotopic (exact) mass is 559 g/mol. The van der Waals surface area contributed by atoms with Crippen molar-refractivity contribution in [3.63, 3.8) is 0 Å². The molecule has 5 rings (SSSR count). The Morgan fingerprint density at radius 1 is 1.16 bits per heavy atom. The minimum atomic E-state index is -1.20. The van der Waals surface area contributed by atoms with Crippen LogP contribution in [0, 0.1) is 17.2 Å². The number of amides is 1. The quantitative estimate of drug-likeness (QED) is 0.459. The highest BCUT2D eigenvalue weighted by Gasteiger charge is 2.66. The van der Waals surface area contributed by atoms with Crippen LogP contribution in [0.25, 0.3) is 0 Å². The van der Waals surface area contributed by atoms with Crippen LogP contribution in [0.4, 0.5) is 10.1 Å². The standard InChI is InChI=1S/C30H36Cl2FN3O2/c1-29(2,3)16-24-30(20-9-8-18(31)15-22(20)34-28(30)38)25(19-6-5-7-21(32)26(19)33)27(35-24)23(37)14-17-10-12-36(4)13-11-17/h5-9,15,17,24-25,27,35H,10-14,16H2,1-4H3,(H,34,38)/t24-,25+,27+,30+/m1/s1. The molecule has 38 heavy (non-hydrogen) atoms. The number of halogens is 3. The summed E-state index contributed by atoms with van der Waals surface area (Å²) in [5, 5.41) is 7.11. The number of hydrogen-bond donors (Lipinski definition) is 2. The summed E-state index contributed by atoms with van der Waals surface area (Å²) in [6.45, 7) is 8.24. The predicted molar refractivity (Wildman–Crippen MR) is 151 cm³/mol. The molecule has 0 unspecified atom stereocenters. The van der Waals surface area contributed by atoms with Crippen LogP contribution >= 0.6 is 23.2 Å². The van der Waals surface area contributed by atoms with Gasteiger partial charge in [-0.2, -0.15) is 0 Å². The Balaban J connectivity index is 1.67. The number of hydrogen-bond acceptors (Lipinski definition) is 4. The SMILES string of the molecule is CN1CCC(CC(=O)[C@@H]2N[C@H](CC(C)(C)C)[C@]3(C(=O)Nc4cc(Cl)ccc43)[C@H]2c2cccc(Cl)c2F)CC1. The molecule has 2 N–H and O–H groups in total. The molecular formula is C30H36Cl2FN3O2. The molecule has 1 spiro atoms. The third-order valence-electron chi connectivity index (χ3n) is 8.61. The molecule has 0 bridgehead atoms. The Morgan fingerprint density at radius 2 is 1.87 bits per heavy atom. The maximum Gasteiger partial charge on any atom is 0.237 e. The molecule has 4 atom stereocenters. The Labute approximate surface area is 234 Å². The Bertz CT molecular complexity index is 1250. The van der Waals surface area contributed by atoms with E-state index in [2.05, 4.69) is 43.4 Å². The summed E-state index contributed by atoms with van der Waals surface area (Å²) >= 11 is 12.6. The third-order valence-corrected chi connectivity index (χ3v) is 9.14. The van der Waals surface area contributed by atoms with Gasteiger partial charge in [0.2, 0.25) is 5.91 Å². The lowest BCUT2D eigenvalue weighted by Gasteiger charge is -2.38. The maximum atomic E-state index is 15.8. The minimum absolute atomic E-state index is 0.0202. The molecule has 2 aromatic carbocycles. The van der Waals surface area contributed by atoms with E-state index in [-0.39, 0.29) is 28.0 Å². The van der Waals surface area contributed by atoms with Crippen molar-refractivity contribution in [2.24, 2.45) is 11.3 Å². The normalized spacial score (nSPS) is 28.1. The average molecular weight is 561 g/mol. The first-order valence-corrected chi connectivity index (χ1v) is 14.2. The van der Waals surface area contributed by atoms with Crippen LogP contribution in [0.5, 0.6) is 0 Å². The molecule has 204 valence electrons. The van der Waals surface area contributed by atoms with E-state index in [9.17, 15) is 9.59 Å². The largest absolute Gasteiger partial charge is 0.325 e. The minimum Gasteiger partial charge on any atom is -0.325 e. The van der Waals surface area contributed by atoms with Gasteiger partial charge in [0.1, 0.15) is 11.2 Å². The number of nitrogens with zero attached hydrogens (tertiary/aromatic N) is 1. The van der Waals surface area contributed by atoms with Crippen molar-refractivity contribution in [2.45, 2.75) is 69.9 Å². The van der Waals surface area contributed by atoms with E-state index >= 15 is 4.39 Å². The van der Waals surface area contributed by atoms with E-state index in [4.69, 9.17) is 23.2 Å². The van der Waals surface area contributed by atoms with Gasteiger partial charge >= 0.3 is 0 Å². The second-order valence-electron chi connectivity index (χ2n) is 12.5. The third kappa shape index (κ3) is 4.78. The van der Waals surface area contributed by atoms with Gasteiger partial charge in [0.15, 0.2) is 5.78 Å². The summed E-state index contributed by atoms with van der Waals surface area (Å²) in [6.07, 6.45) is 2.91. The Hall–Kier alpha value is -1.99. The lowest BCUT2D eigenvalue weighted by Crippen LogP contribution is -2.49. The van der Waals surface area contributed by atoms with Gasteiger partial charge < -0.3 is 15.5 Å². The van der Waals surface area contributed by atoms with E-state index in [0.29, 0.717) is 29.1 Å².